The molecule has 0 spiro atoms. The topological polar surface area (TPSA) is 27.8 Å². The van der Waals surface area contributed by atoms with Crippen molar-refractivity contribution in [3.8, 4) is 0 Å². The van der Waals surface area contributed by atoms with E-state index in [0.29, 0.717) is 17.4 Å². The van der Waals surface area contributed by atoms with Gasteiger partial charge in [-0.05, 0) is 49.0 Å². The van der Waals surface area contributed by atoms with Crippen LogP contribution in [0.15, 0.2) is 24.4 Å². The summed E-state index contributed by atoms with van der Waals surface area (Å²) in [5, 5.41) is 4.24. The van der Waals surface area contributed by atoms with Gasteiger partial charge in [0.1, 0.15) is 0 Å². The van der Waals surface area contributed by atoms with Gasteiger partial charge in [0, 0.05) is 17.1 Å². The highest BCUT2D eigenvalue weighted by atomic mass is 19.4. The first-order valence-corrected chi connectivity index (χ1v) is 6.89. The summed E-state index contributed by atoms with van der Waals surface area (Å²) in [5.74, 6) is 1.08. The average molecular weight is 282 g/mol. The fourth-order valence-electron chi connectivity index (χ4n) is 2.82. The third-order valence-corrected chi connectivity index (χ3v) is 4.02. The molecule has 3 rings (SSSR count). The maximum absolute atomic E-state index is 12.7. The molecule has 108 valence electrons. The molecule has 1 fully saturated rings. The van der Waals surface area contributed by atoms with E-state index >= 15 is 0 Å². The summed E-state index contributed by atoms with van der Waals surface area (Å²) < 4.78 is 38.0. The van der Waals surface area contributed by atoms with E-state index in [9.17, 15) is 13.2 Å². The van der Waals surface area contributed by atoms with Crippen LogP contribution >= 0.6 is 0 Å². The molecule has 0 radical (unpaired) electrons. The minimum absolute atomic E-state index is 0.472. The van der Waals surface area contributed by atoms with Crippen molar-refractivity contribution in [1.29, 1.82) is 0 Å². The Balaban J connectivity index is 1.85. The lowest BCUT2D eigenvalue weighted by molar-refractivity contribution is -0.137. The molecule has 1 aliphatic carbocycles. The van der Waals surface area contributed by atoms with Crippen molar-refractivity contribution in [2.24, 2.45) is 5.92 Å². The Bertz CT molecular complexity index is 615. The smallest absolute Gasteiger partial charge is 0.361 e. The molecule has 1 saturated carbocycles. The maximum atomic E-state index is 12.7. The van der Waals surface area contributed by atoms with Gasteiger partial charge in [-0.2, -0.15) is 13.2 Å². The summed E-state index contributed by atoms with van der Waals surface area (Å²) in [6.45, 7) is 4.00. The van der Waals surface area contributed by atoms with Crippen molar-refractivity contribution in [2.75, 3.05) is 13.1 Å². The number of nitrogens with one attached hydrogen (secondary N) is 2. The molecule has 1 heterocycles. The van der Waals surface area contributed by atoms with E-state index < -0.39 is 11.7 Å². The molecule has 1 aliphatic rings. The molecule has 0 unspecified atom stereocenters. The second-order valence-corrected chi connectivity index (χ2v) is 5.41. The normalized spacial score (nSPS) is 22.4. The number of hydrogen-bond acceptors (Lipinski definition) is 1. The number of alkyl halides is 3. The van der Waals surface area contributed by atoms with Crippen LogP contribution in [0, 0.1) is 5.92 Å². The fraction of sp³-hybridized carbons (Fsp3) is 0.467. The molecular formula is C15H17F3N2. The van der Waals surface area contributed by atoms with E-state index in [-0.39, 0.29) is 0 Å². The molecule has 20 heavy (non-hydrogen) atoms. The van der Waals surface area contributed by atoms with Crippen LogP contribution in [0.25, 0.3) is 10.9 Å². The number of fused-ring (bicyclic) bond motifs is 1. The molecule has 0 saturated heterocycles. The van der Waals surface area contributed by atoms with Gasteiger partial charge < -0.3 is 10.3 Å². The first-order valence-electron chi connectivity index (χ1n) is 6.89. The molecule has 2 aromatic rings. The van der Waals surface area contributed by atoms with Crippen LogP contribution in [0.2, 0.25) is 0 Å². The van der Waals surface area contributed by atoms with E-state index in [4.69, 9.17) is 0 Å². The highest BCUT2D eigenvalue weighted by Gasteiger charge is 2.39. The van der Waals surface area contributed by atoms with E-state index in [2.05, 4.69) is 17.2 Å². The highest BCUT2D eigenvalue weighted by Crippen LogP contribution is 2.49. The van der Waals surface area contributed by atoms with Crippen molar-refractivity contribution in [3.63, 3.8) is 0 Å². The number of H-pyrrole nitrogens is 1. The van der Waals surface area contributed by atoms with Crippen molar-refractivity contribution < 1.29 is 13.2 Å². The van der Waals surface area contributed by atoms with Gasteiger partial charge in [0.25, 0.3) is 0 Å². The Labute approximate surface area is 115 Å². The van der Waals surface area contributed by atoms with Crippen molar-refractivity contribution in [1.82, 2.24) is 10.3 Å². The summed E-state index contributed by atoms with van der Waals surface area (Å²) in [7, 11) is 0. The van der Waals surface area contributed by atoms with E-state index in [1.165, 1.54) is 12.1 Å². The van der Waals surface area contributed by atoms with Crippen LogP contribution < -0.4 is 5.32 Å². The van der Waals surface area contributed by atoms with Gasteiger partial charge in [0.2, 0.25) is 0 Å². The van der Waals surface area contributed by atoms with Crippen molar-refractivity contribution >= 4 is 10.9 Å². The second-order valence-electron chi connectivity index (χ2n) is 5.41. The third-order valence-electron chi connectivity index (χ3n) is 4.02. The van der Waals surface area contributed by atoms with Crippen LogP contribution in [0.4, 0.5) is 13.2 Å². The first-order chi connectivity index (χ1) is 9.50. The molecule has 2 N–H and O–H groups in total. The Morgan fingerprint density at radius 1 is 1.35 bits per heavy atom. The zero-order valence-electron chi connectivity index (χ0n) is 11.2. The number of aromatic nitrogens is 1. The lowest BCUT2D eigenvalue weighted by Gasteiger charge is -2.06. The van der Waals surface area contributed by atoms with Crippen LogP contribution in [0.1, 0.15) is 30.4 Å². The minimum Gasteiger partial charge on any atom is -0.361 e. The highest BCUT2D eigenvalue weighted by molar-refractivity contribution is 5.85. The zero-order chi connectivity index (χ0) is 14.3. The fourth-order valence-corrected chi connectivity index (χ4v) is 2.82. The zero-order valence-corrected chi connectivity index (χ0v) is 11.2. The summed E-state index contributed by atoms with van der Waals surface area (Å²) in [6, 6.07) is 3.95. The molecule has 0 amide bonds. The van der Waals surface area contributed by atoms with Crippen LogP contribution in [-0.4, -0.2) is 18.1 Å². The minimum atomic E-state index is -4.29. The maximum Gasteiger partial charge on any atom is 0.416 e. The van der Waals surface area contributed by atoms with Gasteiger partial charge in [-0.3, -0.25) is 0 Å². The van der Waals surface area contributed by atoms with Gasteiger partial charge in [-0.25, -0.2) is 0 Å². The monoisotopic (exact) mass is 282 g/mol. The van der Waals surface area contributed by atoms with Crippen LogP contribution in [-0.2, 0) is 6.18 Å². The Hall–Kier alpha value is -1.49. The second kappa shape index (κ2) is 4.81. The molecule has 1 aromatic carbocycles. The first kappa shape index (κ1) is 13.5. The van der Waals surface area contributed by atoms with E-state index in [1.54, 1.807) is 6.07 Å². The van der Waals surface area contributed by atoms with Crippen LogP contribution in [0.3, 0.4) is 0 Å². The number of hydrogen-bond donors (Lipinski definition) is 2. The quantitative estimate of drug-likeness (QED) is 0.874. The molecule has 5 heteroatoms. The standard InChI is InChI=1S/C15H17F3N2/c1-2-19-7-9-5-12(9)13-8-20-14-6-10(15(16,17)18)3-4-11(13)14/h3-4,6,8-9,12,19-20H,2,5,7H2,1H3/t9-,12+/m0/s1. The Morgan fingerprint density at radius 2 is 2.15 bits per heavy atom. The van der Waals surface area contributed by atoms with Crippen LogP contribution in [0.5, 0.6) is 0 Å². The predicted molar refractivity (Wildman–Crippen MR) is 72.7 cm³/mol. The predicted octanol–water partition coefficient (Wildman–Crippen LogP) is 3.90. The van der Waals surface area contributed by atoms with Gasteiger partial charge in [0.05, 0.1) is 5.56 Å². The molecule has 0 bridgehead atoms. The molecule has 0 aliphatic heterocycles. The van der Waals surface area contributed by atoms with Gasteiger partial charge in [-0.15, -0.1) is 0 Å². The summed E-state index contributed by atoms with van der Waals surface area (Å²) in [4.78, 5) is 2.98. The van der Waals surface area contributed by atoms with Gasteiger partial charge >= 0.3 is 6.18 Å². The lowest BCUT2D eigenvalue weighted by atomic mass is 10.1. The van der Waals surface area contributed by atoms with Crippen molar-refractivity contribution in [3.05, 3.63) is 35.5 Å². The summed E-state index contributed by atoms with van der Waals surface area (Å²) in [6.07, 6.45) is -1.31. The number of rotatable bonds is 4. The third kappa shape index (κ3) is 2.42. The Morgan fingerprint density at radius 3 is 2.85 bits per heavy atom. The largest absolute Gasteiger partial charge is 0.416 e. The Kier molecular flexibility index (Phi) is 3.24. The number of halogens is 3. The van der Waals surface area contributed by atoms with Gasteiger partial charge in [0.15, 0.2) is 0 Å². The number of aromatic amines is 1. The number of benzene rings is 1. The average Bonchev–Trinajstić information content (AvgIpc) is 3.04. The summed E-state index contributed by atoms with van der Waals surface area (Å²) in [5.41, 5.74) is 1.12. The molecule has 2 atom stereocenters. The molecule has 2 nitrogen and oxygen atoms in total. The van der Waals surface area contributed by atoms with E-state index in [1.807, 2.05) is 6.20 Å². The summed E-state index contributed by atoms with van der Waals surface area (Å²) >= 11 is 0. The molecular weight excluding hydrogens is 265 g/mol. The van der Waals surface area contributed by atoms with Gasteiger partial charge in [-0.1, -0.05) is 13.0 Å². The van der Waals surface area contributed by atoms with E-state index in [0.717, 1.165) is 30.5 Å². The lowest BCUT2D eigenvalue weighted by Crippen LogP contribution is -2.16. The SMILES string of the molecule is CCNC[C@@H]1C[C@H]1c1c[nH]c2cc(C(F)(F)F)ccc12. The molecule has 1 aromatic heterocycles. The van der Waals surface area contributed by atoms with Crippen molar-refractivity contribution in [2.45, 2.75) is 25.4 Å².